The van der Waals surface area contributed by atoms with E-state index in [2.05, 4.69) is 27.7 Å². The highest BCUT2D eigenvalue weighted by molar-refractivity contribution is 7.11. The summed E-state index contributed by atoms with van der Waals surface area (Å²) >= 11 is 0. The van der Waals surface area contributed by atoms with E-state index in [4.69, 9.17) is 0 Å². The molecule has 0 aliphatic carbocycles. The van der Waals surface area contributed by atoms with Gasteiger partial charge in [0.2, 0.25) is 0 Å². The summed E-state index contributed by atoms with van der Waals surface area (Å²) < 4.78 is 222. The molecule has 0 aromatic heterocycles. The Balaban J connectivity index is 0.000000447. The molecule has 0 radical (unpaired) electrons. The van der Waals surface area contributed by atoms with E-state index in [1.54, 1.807) is 0 Å². The minimum Gasteiger partial charge on any atom is -0.324 e. The van der Waals surface area contributed by atoms with Crippen LogP contribution in [0.25, 0.3) is 0 Å². The number of hydrogen-bond acceptors (Lipinski definition) is 0. The summed E-state index contributed by atoms with van der Waals surface area (Å²) in [4.78, 5) is 0. The minimum absolute atomic E-state index is 0.607. The van der Waals surface area contributed by atoms with Crippen LogP contribution in [0.4, 0.5) is 65.9 Å². The highest BCUT2D eigenvalue weighted by Gasteiger charge is 2.48. The third-order valence-electron chi connectivity index (χ3n) is 10.5. The Kier molecular flexibility index (Phi) is 17.2. The summed E-state index contributed by atoms with van der Waals surface area (Å²) in [6, 6.07) is 4.94. The number of halogens is 15. The third kappa shape index (κ3) is 9.49. The van der Waals surface area contributed by atoms with Crippen LogP contribution in [0.5, 0.6) is 0 Å². The molecule has 0 saturated heterocycles. The fourth-order valence-corrected chi connectivity index (χ4v) is 7.52. The van der Waals surface area contributed by atoms with Crippen LogP contribution in [0.3, 0.4) is 0 Å². The van der Waals surface area contributed by atoms with Crippen molar-refractivity contribution in [1.29, 1.82) is 0 Å². The van der Waals surface area contributed by atoms with Gasteiger partial charge in [-0.05, 0) is 25.7 Å². The predicted octanol–water partition coefficient (Wildman–Crippen LogP) is 11.0. The molecule has 58 heavy (non-hydrogen) atoms. The molecule has 320 valence electrons. The van der Waals surface area contributed by atoms with Crippen LogP contribution < -0.4 is 16.4 Å². The summed E-state index contributed by atoms with van der Waals surface area (Å²) in [5.74, 6) is -45.2. The zero-order valence-electron chi connectivity index (χ0n) is 32.3. The Hall–Kier alpha value is -4.15. The number of unbranched alkanes of at least 4 members (excludes halogenated alkanes) is 4. The largest absolute Gasteiger partial charge is 0.324 e. The van der Waals surface area contributed by atoms with Gasteiger partial charge in [0.15, 0.2) is 52.4 Å². The number of rotatable bonds is 17. The maximum atomic E-state index is 15.3. The van der Waals surface area contributed by atoms with Crippen molar-refractivity contribution in [2.45, 2.75) is 85.4 Å². The molecule has 0 unspecified atom stereocenters. The van der Waals surface area contributed by atoms with E-state index in [1.807, 2.05) is 0 Å². The van der Waals surface area contributed by atoms with E-state index < -0.39 is 122 Å². The SMILES string of the molecule is CCCC[N+](CCCC)(CCCC)CCCC.Fc1c(F)c(F)c([B-](Cc2ccccc2)(c2c(F)c(F)c(F)c(F)c2F)c2c(F)c(F)c(F)c(F)c2F)c(F)c1F. The molecule has 0 spiro atoms. The first kappa shape index (κ1) is 48.2. The highest BCUT2D eigenvalue weighted by atomic mass is 19.2. The van der Waals surface area contributed by atoms with Gasteiger partial charge in [0.05, 0.1) is 26.2 Å². The summed E-state index contributed by atoms with van der Waals surface area (Å²) in [7, 11) is 0. The second kappa shape index (κ2) is 20.7. The Morgan fingerprint density at radius 1 is 0.345 bits per heavy atom. The number of benzene rings is 4. The van der Waals surface area contributed by atoms with Gasteiger partial charge in [0.1, 0.15) is 41.0 Å². The lowest BCUT2D eigenvalue weighted by Gasteiger charge is -2.44. The standard InChI is InChI=1S/C25H7BF15.C16H36N/c27-11-8(12(28)18(34)23(39)17(11)33)26(6-7-4-2-1-3-5-7,9-13(29)19(35)24(40)20(36)14(9)30)10-15(31)21(37)25(41)22(38)16(10)32;1-5-9-13-17(14-10-6-2,15-11-7-3)16-12-8-4/h1-5H,6H2;5-16H2,1-4H3/q-1;+1. The van der Waals surface area contributed by atoms with E-state index in [1.165, 1.54) is 88.1 Å². The second-order valence-electron chi connectivity index (χ2n) is 14.3. The van der Waals surface area contributed by atoms with E-state index in [0.29, 0.717) is 0 Å². The van der Waals surface area contributed by atoms with Gasteiger partial charge in [-0.15, -0.1) is 22.7 Å². The quantitative estimate of drug-likeness (QED) is 0.0327. The maximum Gasteiger partial charge on any atom is 0.200 e. The fraction of sp³-hybridized carbons (Fsp3) is 0.415. The lowest BCUT2D eigenvalue weighted by Crippen LogP contribution is -2.74. The van der Waals surface area contributed by atoms with Crippen molar-refractivity contribution in [1.82, 2.24) is 0 Å². The van der Waals surface area contributed by atoms with Crippen molar-refractivity contribution in [2.75, 3.05) is 26.2 Å². The molecule has 0 fully saturated rings. The first-order valence-electron chi connectivity index (χ1n) is 19.0. The zero-order valence-corrected chi connectivity index (χ0v) is 32.3. The van der Waals surface area contributed by atoms with Crippen LogP contribution in [0, 0.1) is 87.3 Å². The average Bonchev–Trinajstić information content (AvgIpc) is 3.22. The van der Waals surface area contributed by atoms with Crippen molar-refractivity contribution < 1.29 is 70.3 Å². The second-order valence-corrected chi connectivity index (χ2v) is 14.3. The lowest BCUT2D eigenvalue weighted by atomic mass is 9.13. The number of hydrogen-bond donors (Lipinski definition) is 0. The molecule has 0 aliphatic rings. The molecule has 0 atom stereocenters. The summed E-state index contributed by atoms with van der Waals surface area (Å²) in [6.45, 7) is 15.0. The van der Waals surface area contributed by atoms with Crippen LogP contribution in [0.1, 0.15) is 84.6 Å². The normalized spacial score (nSPS) is 11.9. The van der Waals surface area contributed by atoms with Gasteiger partial charge in [-0.3, -0.25) is 0 Å². The first-order chi connectivity index (χ1) is 27.3. The van der Waals surface area contributed by atoms with Crippen LogP contribution in [0.15, 0.2) is 30.3 Å². The number of nitrogens with zero attached hydrogens (tertiary/aromatic N) is 1. The zero-order chi connectivity index (χ0) is 43.7. The highest BCUT2D eigenvalue weighted by Crippen LogP contribution is 2.30. The Morgan fingerprint density at radius 2 is 0.569 bits per heavy atom. The van der Waals surface area contributed by atoms with Gasteiger partial charge >= 0.3 is 0 Å². The maximum absolute atomic E-state index is 15.3. The van der Waals surface area contributed by atoms with Crippen LogP contribution in [-0.4, -0.2) is 36.8 Å². The molecule has 1 nitrogen and oxygen atoms in total. The predicted molar refractivity (Wildman–Crippen MR) is 193 cm³/mol. The van der Waals surface area contributed by atoms with Crippen molar-refractivity contribution in [3.8, 4) is 0 Å². The molecule has 4 aromatic carbocycles. The van der Waals surface area contributed by atoms with Crippen molar-refractivity contribution >= 4 is 22.5 Å². The average molecular weight is 846 g/mol. The molecule has 0 bridgehead atoms. The van der Waals surface area contributed by atoms with Gasteiger partial charge in [-0.2, -0.15) is 0 Å². The molecule has 4 aromatic rings. The van der Waals surface area contributed by atoms with Gasteiger partial charge < -0.3 is 4.48 Å². The summed E-state index contributed by atoms with van der Waals surface area (Å²) in [5, 5.41) is 0. The Labute approximate surface area is 327 Å². The van der Waals surface area contributed by atoms with Crippen LogP contribution in [-0.2, 0) is 6.32 Å². The van der Waals surface area contributed by atoms with Crippen molar-refractivity contribution in [3.63, 3.8) is 0 Å². The summed E-state index contributed by atoms with van der Waals surface area (Å²) in [6.07, 6.45) is 3.64. The molecule has 0 amide bonds. The molecule has 0 heterocycles. The Morgan fingerprint density at radius 3 is 0.793 bits per heavy atom. The van der Waals surface area contributed by atoms with Crippen molar-refractivity contribution in [2.24, 2.45) is 0 Å². The van der Waals surface area contributed by atoms with E-state index >= 15 is 26.3 Å². The van der Waals surface area contributed by atoms with Gasteiger partial charge in [0.25, 0.3) is 0 Å². The third-order valence-corrected chi connectivity index (χ3v) is 10.5. The minimum atomic E-state index is -5.59. The van der Waals surface area contributed by atoms with Gasteiger partial charge in [-0.25, -0.2) is 65.9 Å². The molecule has 4 rings (SSSR count). The molecular weight excluding hydrogens is 802 g/mol. The molecule has 0 N–H and O–H groups in total. The number of quaternary nitrogens is 1. The van der Waals surface area contributed by atoms with Crippen molar-refractivity contribution in [3.05, 3.63) is 123 Å². The lowest BCUT2D eigenvalue weighted by molar-refractivity contribution is -0.929. The van der Waals surface area contributed by atoms with E-state index in [9.17, 15) is 39.5 Å². The molecular formula is C41H43BF15N. The van der Waals surface area contributed by atoms with Gasteiger partial charge in [0, 0.05) is 0 Å². The van der Waals surface area contributed by atoms with Gasteiger partial charge in [-0.1, -0.05) is 89.3 Å². The topological polar surface area (TPSA) is 0 Å². The van der Waals surface area contributed by atoms with Crippen LogP contribution in [0.2, 0.25) is 0 Å². The smallest absolute Gasteiger partial charge is 0.200 e. The van der Waals surface area contributed by atoms with E-state index in [0.717, 1.165) is 24.3 Å². The molecule has 17 heteroatoms. The van der Waals surface area contributed by atoms with Crippen LogP contribution >= 0.6 is 0 Å². The molecule has 0 aliphatic heterocycles. The van der Waals surface area contributed by atoms with E-state index in [-0.39, 0.29) is 0 Å². The monoisotopic (exact) mass is 845 g/mol. The fourth-order valence-electron chi connectivity index (χ4n) is 7.52. The summed E-state index contributed by atoms with van der Waals surface area (Å²) in [5.41, 5.74) is -8.49. The molecule has 0 saturated carbocycles. The first-order valence-corrected chi connectivity index (χ1v) is 19.0. The Bertz CT molecular complexity index is 1750.